The fraction of sp³-hybridized carbons (Fsp3) is 0.429. The van der Waals surface area contributed by atoms with Crippen LogP contribution in [-0.2, 0) is 12.8 Å². The van der Waals surface area contributed by atoms with Crippen molar-refractivity contribution in [2.24, 2.45) is 16.3 Å². The molecular weight excluding hydrogens is 312 g/mol. The highest BCUT2D eigenvalue weighted by Gasteiger charge is 2.32. The maximum absolute atomic E-state index is 9.61. The second-order valence-corrected chi connectivity index (χ2v) is 8.85. The van der Waals surface area contributed by atoms with Crippen LogP contribution in [0.4, 0.5) is 5.00 Å². The molecular formula is C21H24N2S. The molecule has 124 valence electrons. The van der Waals surface area contributed by atoms with Crippen LogP contribution in [0.15, 0.2) is 29.3 Å². The van der Waals surface area contributed by atoms with Gasteiger partial charge in [0.25, 0.3) is 0 Å². The van der Waals surface area contributed by atoms with Gasteiger partial charge in [0.2, 0.25) is 0 Å². The number of hydrogen-bond donors (Lipinski definition) is 0. The van der Waals surface area contributed by atoms with E-state index in [0.717, 1.165) is 29.0 Å². The molecule has 1 heterocycles. The molecule has 0 amide bonds. The molecule has 0 bridgehead atoms. The summed E-state index contributed by atoms with van der Waals surface area (Å²) in [4.78, 5) is 6.01. The zero-order valence-corrected chi connectivity index (χ0v) is 15.7. The monoisotopic (exact) mass is 336 g/mol. The minimum Gasteiger partial charge on any atom is -0.244 e. The fourth-order valence-corrected chi connectivity index (χ4v) is 4.52. The average molecular weight is 337 g/mol. The molecule has 0 radical (unpaired) electrons. The summed E-state index contributed by atoms with van der Waals surface area (Å²) in [6.07, 6.45) is 5.14. The summed E-state index contributed by atoms with van der Waals surface area (Å²) < 4.78 is 0. The van der Waals surface area contributed by atoms with Crippen LogP contribution < -0.4 is 0 Å². The number of rotatable bonds is 2. The highest BCUT2D eigenvalue weighted by Crippen LogP contribution is 2.44. The van der Waals surface area contributed by atoms with Crippen molar-refractivity contribution in [3.8, 4) is 6.07 Å². The summed E-state index contributed by atoms with van der Waals surface area (Å²) in [7, 11) is 0. The van der Waals surface area contributed by atoms with Crippen molar-refractivity contribution < 1.29 is 0 Å². The van der Waals surface area contributed by atoms with E-state index in [1.807, 2.05) is 6.21 Å². The molecule has 2 aromatic rings. The molecule has 24 heavy (non-hydrogen) atoms. The first-order valence-electron chi connectivity index (χ1n) is 8.54. The Morgan fingerprint density at radius 3 is 2.58 bits per heavy atom. The first-order valence-corrected chi connectivity index (χ1v) is 9.35. The summed E-state index contributed by atoms with van der Waals surface area (Å²) in [5.74, 6) is 0.684. The largest absolute Gasteiger partial charge is 0.244 e. The van der Waals surface area contributed by atoms with Crippen molar-refractivity contribution in [2.45, 2.75) is 47.0 Å². The lowest BCUT2D eigenvalue weighted by molar-refractivity contribution is 0.218. The predicted octanol–water partition coefficient (Wildman–Crippen LogP) is 5.83. The molecule has 0 saturated carbocycles. The minimum atomic E-state index is 0.319. The Labute approximate surface area is 148 Å². The third-order valence-electron chi connectivity index (χ3n) is 4.99. The first-order chi connectivity index (χ1) is 11.4. The van der Waals surface area contributed by atoms with Crippen LogP contribution in [0.1, 0.15) is 54.3 Å². The van der Waals surface area contributed by atoms with E-state index >= 15 is 0 Å². The van der Waals surface area contributed by atoms with Crippen molar-refractivity contribution >= 4 is 22.6 Å². The molecule has 3 rings (SSSR count). The topological polar surface area (TPSA) is 36.1 Å². The Balaban J connectivity index is 1.89. The van der Waals surface area contributed by atoms with Crippen LogP contribution in [0.25, 0.3) is 0 Å². The lowest BCUT2D eigenvalue weighted by Gasteiger charge is -2.33. The molecule has 0 fully saturated rings. The van der Waals surface area contributed by atoms with E-state index in [2.05, 4.69) is 63.0 Å². The van der Waals surface area contributed by atoms with Crippen LogP contribution in [0.3, 0.4) is 0 Å². The maximum atomic E-state index is 9.61. The molecule has 0 aliphatic heterocycles. The van der Waals surface area contributed by atoms with Crippen LogP contribution in [0.2, 0.25) is 0 Å². The van der Waals surface area contributed by atoms with Gasteiger partial charge in [-0.3, -0.25) is 0 Å². The Morgan fingerprint density at radius 1 is 1.25 bits per heavy atom. The molecule has 3 heteroatoms. The summed E-state index contributed by atoms with van der Waals surface area (Å²) in [6.45, 7) is 9.03. The van der Waals surface area contributed by atoms with E-state index in [9.17, 15) is 5.26 Å². The maximum Gasteiger partial charge on any atom is 0.134 e. The van der Waals surface area contributed by atoms with Crippen LogP contribution >= 0.6 is 11.3 Å². The summed E-state index contributed by atoms with van der Waals surface area (Å²) in [6, 6.07) is 10.7. The molecule has 0 spiro atoms. The Hall–Kier alpha value is -1.92. The molecule has 0 unspecified atom stereocenters. The molecule has 0 N–H and O–H groups in total. The standard InChI is InChI=1S/C21H24N2S/c1-14-5-7-15(8-6-14)13-23-20-18(12-22)17-10-9-16(21(2,3)4)11-19(17)24-20/h5-8,13,16H,9-11H2,1-4H3/t16-/m0/s1. The lowest BCUT2D eigenvalue weighted by atomic mass is 9.72. The third-order valence-corrected chi connectivity index (χ3v) is 6.15. The van der Waals surface area contributed by atoms with Crippen molar-refractivity contribution in [2.75, 3.05) is 0 Å². The van der Waals surface area contributed by atoms with Crippen LogP contribution in [-0.4, -0.2) is 6.21 Å². The number of benzene rings is 1. The Kier molecular flexibility index (Phi) is 4.60. The number of nitrogens with zero attached hydrogens (tertiary/aromatic N) is 2. The van der Waals surface area contributed by atoms with Crippen molar-refractivity contribution in [3.05, 3.63) is 51.4 Å². The molecule has 2 nitrogen and oxygen atoms in total. The van der Waals surface area contributed by atoms with Gasteiger partial charge in [0.1, 0.15) is 11.1 Å². The zero-order chi connectivity index (χ0) is 17.3. The van der Waals surface area contributed by atoms with Gasteiger partial charge in [0.05, 0.1) is 5.56 Å². The minimum absolute atomic E-state index is 0.319. The highest BCUT2D eigenvalue weighted by molar-refractivity contribution is 7.16. The molecule has 1 atom stereocenters. The average Bonchev–Trinajstić information content (AvgIpc) is 2.90. The fourth-order valence-electron chi connectivity index (χ4n) is 3.30. The van der Waals surface area contributed by atoms with Gasteiger partial charge in [-0.15, -0.1) is 11.3 Å². The van der Waals surface area contributed by atoms with Crippen molar-refractivity contribution in [1.82, 2.24) is 0 Å². The highest BCUT2D eigenvalue weighted by atomic mass is 32.1. The van der Waals surface area contributed by atoms with Gasteiger partial charge >= 0.3 is 0 Å². The van der Waals surface area contributed by atoms with E-state index in [1.165, 1.54) is 22.4 Å². The molecule has 0 saturated heterocycles. The van der Waals surface area contributed by atoms with Gasteiger partial charge in [-0.05, 0) is 48.6 Å². The van der Waals surface area contributed by atoms with E-state index in [-0.39, 0.29) is 0 Å². The number of nitriles is 1. The van der Waals surface area contributed by atoms with Gasteiger partial charge in [-0.2, -0.15) is 5.26 Å². The van der Waals surface area contributed by atoms with Gasteiger partial charge in [-0.25, -0.2) is 4.99 Å². The van der Waals surface area contributed by atoms with Crippen molar-refractivity contribution in [3.63, 3.8) is 0 Å². The smallest absolute Gasteiger partial charge is 0.134 e. The first kappa shape index (κ1) is 16.9. The van der Waals surface area contributed by atoms with Gasteiger partial charge in [0, 0.05) is 11.1 Å². The Morgan fingerprint density at radius 2 is 1.96 bits per heavy atom. The van der Waals surface area contributed by atoms with Crippen molar-refractivity contribution in [1.29, 1.82) is 5.26 Å². The lowest BCUT2D eigenvalue weighted by Crippen LogP contribution is -2.26. The quantitative estimate of drug-likeness (QED) is 0.636. The number of thiophene rings is 1. The van der Waals surface area contributed by atoms with Gasteiger partial charge < -0.3 is 0 Å². The predicted molar refractivity (Wildman–Crippen MR) is 102 cm³/mol. The van der Waals surface area contributed by atoms with Gasteiger partial charge in [-0.1, -0.05) is 50.6 Å². The van der Waals surface area contributed by atoms with E-state index in [0.29, 0.717) is 11.3 Å². The molecule has 1 aliphatic rings. The second kappa shape index (κ2) is 6.53. The number of aryl methyl sites for hydroxylation is 1. The number of hydrogen-bond acceptors (Lipinski definition) is 3. The van der Waals surface area contributed by atoms with E-state index < -0.39 is 0 Å². The van der Waals surface area contributed by atoms with Gasteiger partial charge in [0.15, 0.2) is 0 Å². The molecule has 1 aliphatic carbocycles. The summed E-state index contributed by atoms with van der Waals surface area (Å²) >= 11 is 1.71. The van der Waals surface area contributed by atoms with E-state index in [4.69, 9.17) is 0 Å². The molecule has 1 aromatic heterocycles. The normalized spacial score (nSPS) is 17.7. The third kappa shape index (κ3) is 3.44. The molecule has 1 aromatic carbocycles. The second-order valence-electron chi connectivity index (χ2n) is 7.77. The number of fused-ring (bicyclic) bond motifs is 1. The Bertz CT molecular complexity index is 798. The van der Waals surface area contributed by atoms with E-state index in [1.54, 1.807) is 11.3 Å². The zero-order valence-electron chi connectivity index (χ0n) is 14.9. The van der Waals surface area contributed by atoms with Crippen LogP contribution in [0, 0.1) is 29.6 Å². The van der Waals surface area contributed by atoms with Crippen LogP contribution in [0.5, 0.6) is 0 Å². The SMILES string of the molecule is Cc1ccc(C=Nc2sc3c(c2C#N)CC[C@H](C(C)(C)C)C3)cc1. The summed E-state index contributed by atoms with van der Waals surface area (Å²) in [5.41, 5.74) is 4.68. The number of aliphatic imine (C=N–C) groups is 1. The summed E-state index contributed by atoms with van der Waals surface area (Å²) in [5, 5.41) is 10.5.